The molecule has 2 saturated carbocycles. The van der Waals surface area contributed by atoms with Gasteiger partial charge < -0.3 is 39.0 Å². The molecule has 0 unspecified atom stereocenters. The molecule has 0 radical (unpaired) electrons. The Bertz CT molecular complexity index is 2280. The summed E-state index contributed by atoms with van der Waals surface area (Å²) in [4.78, 5) is 45.7. The monoisotopic (exact) mass is 705 g/mol. The summed E-state index contributed by atoms with van der Waals surface area (Å²) in [5.41, 5.74) is 4.49. The lowest BCUT2D eigenvalue weighted by molar-refractivity contribution is 0.0484. The first kappa shape index (κ1) is 33.6. The Hall–Kier alpha value is -5.52. The minimum atomic E-state index is -1.19. The van der Waals surface area contributed by atoms with Crippen molar-refractivity contribution in [2.45, 2.75) is 70.7 Å². The molecule has 12 nitrogen and oxygen atoms in total. The number of aromatic carboxylic acids is 1. The number of para-hydroxylation sites is 1. The number of hydrogen-bond donors (Lipinski definition) is 3. The van der Waals surface area contributed by atoms with E-state index in [1.807, 2.05) is 61.6 Å². The molecule has 270 valence electrons. The lowest BCUT2D eigenvalue weighted by Gasteiger charge is -2.28. The molecule has 3 N–H and O–H groups in total. The Morgan fingerprint density at radius 1 is 1.00 bits per heavy atom. The molecule has 1 aliphatic heterocycles. The number of alkyl carbamates (subject to hydrolysis) is 1. The molecule has 1 saturated heterocycles. The van der Waals surface area contributed by atoms with E-state index in [2.05, 4.69) is 16.0 Å². The Balaban J connectivity index is 1.18. The fourth-order valence-corrected chi connectivity index (χ4v) is 8.24. The highest BCUT2D eigenvalue weighted by molar-refractivity contribution is 6.02. The highest BCUT2D eigenvalue weighted by Crippen LogP contribution is 2.42. The number of aromatic nitrogens is 3. The minimum absolute atomic E-state index is 0.126. The first-order valence-electron chi connectivity index (χ1n) is 17.9. The van der Waals surface area contributed by atoms with Crippen LogP contribution in [0, 0.1) is 11.8 Å². The largest absolute Gasteiger partial charge is 0.507 e. The summed E-state index contributed by atoms with van der Waals surface area (Å²) < 4.78 is 15.7. The number of piperidine rings is 1. The Kier molecular flexibility index (Phi) is 7.96. The zero-order valence-corrected chi connectivity index (χ0v) is 30.0. The van der Waals surface area contributed by atoms with Crippen LogP contribution in [-0.2, 0) is 18.3 Å². The summed E-state index contributed by atoms with van der Waals surface area (Å²) in [5, 5.41) is 23.9. The quantitative estimate of drug-likeness (QED) is 0.160. The number of aryl methyl sites for hydroxylation is 1. The molecule has 3 aromatic carbocycles. The predicted molar refractivity (Wildman–Crippen MR) is 196 cm³/mol. The number of carboxylic acid groups (broad SMARTS) is 1. The van der Waals surface area contributed by atoms with Crippen LogP contribution in [0.3, 0.4) is 0 Å². The van der Waals surface area contributed by atoms with Gasteiger partial charge in [-0.25, -0.2) is 14.6 Å². The van der Waals surface area contributed by atoms with E-state index in [9.17, 15) is 24.6 Å². The van der Waals surface area contributed by atoms with E-state index >= 15 is 0 Å². The van der Waals surface area contributed by atoms with E-state index in [1.165, 1.54) is 12.1 Å². The van der Waals surface area contributed by atoms with Gasteiger partial charge in [-0.2, -0.15) is 0 Å². The first-order valence-corrected chi connectivity index (χ1v) is 17.9. The lowest BCUT2D eigenvalue weighted by atomic mass is 10.00. The Labute approximate surface area is 300 Å². The number of nitrogens with zero attached hydrogens (tertiary/aromatic N) is 4. The number of benzene rings is 3. The van der Waals surface area contributed by atoms with E-state index in [0.717, 1.165) is 59.9 Å². The molecule has 3 atom stereocenters. The van der Waals surface area contributed by atoms with Crippen LogP contribution < -0.4 is 10.1 Å². The predicted octanol–water partition coefficient (Wildman–Crippen LogP) is 6.81. The van der Waals surface area contributed by atoms with Gasteiger partial charge in [-0.3, -0.25) is 4.79 Å². The third kappa shape index (κ3) is 5.79. The van der Waals surface area contributed by atoms with Gasteiger partial charge in [0.2, 0.25) is 0 Å². The first-order chi connectivity index (χ1) is 24.8. The van der Waals surface area contributed by atoms with Gasteiger partial charge >= 0.3 is 12.1 Å². The van der Waals surface area contributed by atoms with Gasteiger partial charge in [-0.05, 0) is 94.2 Å². The smallest absolute Gasteiger partial charge is 0.407 e. The maximum atomic E-state index is 14.2. The van der Waals surface area contributed by atoms with Crippen molar-refractivity contribution in [1.82, 2.24) is 24.3 Å². The van der Waals surface area contributed by atoms with Crippen LogP contribution in [-0.4, -0.2) is 78.5 Å². The molecule has 2 amide bonds. The summed E-state index contributed by atoms with van der Waals surface area (Å²) in [6.45, 7) is 6.81. The molecule has 8 rings (SSSR count). The van der Waals surface area contributed by atoms with Crippen LogP contribution in [0.25, 0.3) is 44.6 Å². The lowest BCUT2D eigenvalue weighted by Crippen LogP contribution is -2.46. The Morgan fingerprint density at radius 3 is 2.50 bits per heavy atom. The molecule has 3 fully saturated rings. The van der Waals surface area contributed by atoms with Gasteiger partial charge in [0.05, 0.1) is 35.9 Å². The third-order valence-corrected chi connectivity index (χ3v) is 10.8. The summed E-state index contributed by atoms with van der Waals surface area (Å²) in [6, 6.07) is 16.1. The van der Waals surface area contributed by atoms with Crippen molar-refractivity contribution < 1.29 is 34.1 Å². The molecule has 2 aliphatic carbocycles. The van der Waals surface area contributed by atoms with Gasteiger partial charge in [-0.15, -0.1) is 0 Å². The summed E-state index contributed by atoms with van der Waals surface area (Å²) in [5.74, 6) is 0.307. The topological polar surface area (TPSA) is 148 Å². The fourth-order valence-electron chi connectivity index (χ4n) is 8.24. The average molecular weight is 706 g/mol. The Morgan fingerprint density at radius 2 is 1.79 bits per heavy atom. The van der Waals surface area contributed by atoms with Gasteiger partial charge in [-0.1, -0.05) is 24.3 Å². The van der Waals surface area contributed by atoms with Crippen LogP contribution in [0.5, 0.6) is 11.5 Å². The summed E-state index contributed by atoms with van der Waals surface area (Å²) >= 11 is 0. The number of likely N-dealkylation sites (tertiary alicyclic amines) is 1. The molecule has 12 heteroatoms. The summed E-state index contributed by atoms with van der Waals surface area (Å²) in [6.07, 6.45) is 3.52. The molecule has 0 spiro atoms. The number of aromatic hydroxyl groups is 1. The van der Waals surface area contributed by atoms with Gasteiger partial charge in [0.15, 0.2) is 5.82 Å². The second-order valence-electron chi connectivity index (χ2n) is 15.4. The number of imidazole rings is 1. The zero-order chi connectivity index (χ0) is 36.6. The number of nitrogens with one attached hydrogen (secondary N) is 1. The number of rotatable bonds is 8. The fraction of sp³-hybridized carbons (Fsp3) is 0.400. The van der Waals surface area contributed by atoms with E-state index in [1.54, 1.807) is 19.2 Å². The van der Waals surface area contributed by atoms with Crippen molar-refractivity contribution in [3.63, 3.8) is 0 Å². The molecule has 2 bridgehead atoms. The van der Waals surface area contributed by atoms with Crippen molar-refractivity contribution in [2.24, 2.45) is 18.9 Å². The van der Waals surface area contributed by atoms with E-state index in [4.69, 9.17) is 14.5 Å². The number of hydrogen-bond acceptors (Lipinski definition) is 7. The number of methoxy groups -OCH3 is 1. The molecular formula is C40H43N5O7. The molecular weight excluding hydrogens is 662 g/mol. The molecule has 3 aliphatic rings. The molecule has 5 aromatic rings. The maximum absolute atomic E-state index is 14.2. The van der Waals surface area contributed by atoms with Gasteiger partial charge in [0.1, 0.15) is 28.2 Å². The second kappa shape index (κ2) is 12.3. The molecule has 52 heavy (non-hydrogen) atoms. The number of carbonyl (C=O) groups is 3. The number of phenols is 1. The van der Waals surface area contributed by atoms with Gasteiger partial charge in [0.25, 0.3) is 5.91 Å². The van der Waals surface area contributed by atoms with Crippen molar-refractivity contribution in [3.8, 4) is 34.1 Å². The van der Waals surface area contributed by atoms with Crippen molar-refractivity contribution >= 4 is 39.9 Å². The summed E-state index contributed by atoms with van der Waals surface area (Å²) in [7, 11) is 3.54. The zero-order valence-electron chi connectivity index (χ0n) is 30.0. The third-order valence-electron chi connectivity index (χ3n) is 10.8. The number of carbonyl (C=O) groups excluding carboxylic acids is 2. The van der Waals surface area contributed by atoms with Crippen LogP contribution >= 0.6 is 0 Å². The number of ether oxygens (including phenoxy) is 2. The van der Waals surface area contributed by atoms with Crippen LogP contribution in [0.4, 0.5) is 4.79 Å². The van der Waals surface area contributed by atoms with Crippen molar-refractivity contribution in [2.75, 3.05) is 13.7 Å². The SMILES string of the molecule is COc1cc(C(=O)N2C[C@H]3CC[C@@H]2[C@@H]3NC(=O)OC(C)(C)C)cc2nc(-c3cc4cccc(-c5ccc(O)c(C(=O)O)c5)c4n3CC3CC3)n(C)c12. The number of amides is 2. The maximum Gasteiger partial charge on any atom is 0.407 e. The van der Waals surface area contributed by atoms with Crippen molar-refractivity contribution in [3.05, 3.63) is 65.7 Å². The number of fused-ring (bicyclic) bond motifs is 4. The highest BCUT2D eigenvalue weighted by atomic mass is 16.6. The highest BCUT2D eigenvalue weighted by Gasteiger charge is 2.50. The van der Waals surface area contributed by atoms with Crippen LogP contribution in [0.15, 0.2) is 54.6 Å². The standard InChI is InChI=1S/C40H43N5O7/c1-40(2,3)52-39(50)42-33-24-11-13-29(33)45(20-24)37(47)25-16-28-35(32(18-25)51-5)43(4)36(41-28)30-17-23-7-6-8-26(34(23)44(30)19-21-9-10-21)22-12-14-31(46)27(15-22)38(48)49/h6-8,12,14-18,21,24,29,33,46H,9-11,13,19-20H2,1-5H3,(H,42,50)(H,48,49)/t24-,29-,33-/m1/s1. The normalized spacial score (nSPS) is 19.8. The molecule has 3 heterocycles. The minimum Gasteiger partial charge on any atom is -0.507 e. The van der Waals surface area contributed by atoms with Crippen LogP contribution in [0.1, 0.15) is 67.2 Å². The van der Waals surface area contributed by atoms with E-state index in [-0.39, 0.29) is 35.2 Å². The molecule has 2 aromatic heterocycles. The van der Waals surface area contributed by atoms with E-state index in [0.29, 0.717) is 40.7 Å². The van der Waals surface area contributed by atoms with Crippen LogP contribution in [0.2, 0.25) is 0 Å². The van der Waals surface area contributed by atoms with E-state index < -0.39 is 17.7 Å². The number of carboxylic acids is 1. The average Bonchev–Trinajstić information content (AvgIpc) is 3.43. The second-order valence-corrected chi connectivity index (χ2v) is 15.4. The van der Waals surface area contributed by atoms with Crippen molar-refractivity contribution in [1.29, 1.82) is 0 Å². The van der Waals surface area contributed by atoms with Gasteiger partial charge in [0, 0.05) is 36.7 Å².